The topological polar surface area (TPSA) is 23.6 Å². The van der Waals surface area contributed by atoms with E-state index in [9.17, 15) is 4.79 Å². The molecule has 0 aromatic carbocycles. The van der Waals surface area contributed by atoms with Crippen LogP contribution in [0.5, 0.6) is 0 Å². The third-order valence-electron chi connectivity index (χ3n) is 8.51. The molecule has 0 fully saturated rings. The minimum atomic E-state index is 0.309. The van der Waals surface area contributed by atoms with Crippen molar-refractivity contribution in [2.45, 2.75) is 187 Å². The first kappa shape index (κ1) is 39.2. The van der Waals surface area contributed by atoms with Gasteiger partial charge in [-0.05, 0) is 72.0 Å². The van der Waals surface area contributed by atoms with E-state index in [0.29, 0.717) is 12.3 Å². The van der Waals surface area contributed by atoms with Crippen molar-refractivity contribution in [2.24, 2.45) is 0 Å². The molecular formula is C37H74N2O. The van der Waals surface area contributed by atoms with Crippen molar-refractivity contribution in [2.75, 3.05) is 34.2 Å². The van der Waals surface area contributed by atoms with Gasteiger partial charge in [0.1, 0.15) is 0 Å². The molecule has 1 amide bonds. The summed E-state index contributed by atoms with van der Waals surface area (Å²) in [6.07, 6.45) is 38.8. The molecular weight excluding hydrogens is 488 g/mol. The van der Waals surface area contributed by atoms with E-state index in [1.54, 1.807) is 5.57 Å². The first-order valence-corrected chi connectivity index (χ1v) is 18.1. The summed E-state index contributed by atoms with van der Waals surface area (Å²) in [6, 6.07) is 0. The zero-order valence-electron chi connectivity index (χ0n) is 28.4. The number of rotatable bonds is 31. The minimum absolute atomic E-state index is 0.309. The number of carbonyl (C=O) groups excluding carboxylic acids is 1. The van der Waals surface area contributed by atoms with Crippen LogP contribution in [0.3, 0.4) is 0 Å². The van der Waals surface area contributed by atoms with Crippen molar-refractivity contribution >= 4 is 5.91 Å². The molecule has 0 aliphatic rings. The van der Waals surface area contributed by atoms with Gasteiger partial charge in [0.25, 0.3) is 0 Å². The normalized spacial score (nSPS) is 11.3. The van der Waals surface area contributed by atoms with Gasteiger partial charge in [-0.3, -0.25) is 4.79 Å². The van der Waals surface area contributed by atoms with E-state index < -0.39 is 0 Å². The lowest BCUT2D eigenvalue weighted by Crippen LogP contribution is -2.28. The molecule has 0 aliphatic heterocycles. The number of carbonyl (C=O) groups is 1. The standard InChI is InChI=1S/C37H74N2O/c1-6-8-10-12-14-17-21-25-30-36(31-26-22-18-15-13-11-9-7-2)32-27-23-19-16-20-24-28-35-39(5)37(40)33-29-34-38(3)4/h32H,6-31,33-35H2,1-5H3. The fourth-order valence-electron chi connectivity index (χ4n) is 5.67. The third-order valence-corrected chi connectivity index (χ3v) is 8.51. The van der Waals surface area contributed by atoms with E-state index >= 15 is 0 Å². The molecule has 0 bridgehead atoms. The van der Waals surface area contributed by atoms with Gasteiger partial charge in [-0.2, -0.15) is 0 Å². The minimum Gasteiger partial charge on any atom is -0.346 e. The number of hydrogen-bond donors (Lipinski definition) is 0. The molecule has 0 spiro atoms. The second-order valence-corrected chi connectivity index (χ2v) is 12.9. The average molecular weight is 563 g/mol. The van der Waals surface area contributed by atoms with Crippen molar-refractivity contribution < 1.29 is 4.79 Å². The maximum atomic E-state index is 12.2. The van der Waals surface area contributed by atoms with E-state index in [1.165, 1.54) is 154 Å². The maximum absolute atomic E-state index is 12.2. The zero-order valence-corrected chi connectivity index (χ0v) is 28.4. The quantitative estimate of drug-likeness (QED) is 0.0619. The van der Waals surface area contributed by atoms with E-state index in [-0.39, 0.29) is 0 Å². The van der Waals surface area contributed by atoms with Crippen LogP contribution < -0.4 is 0 Å². The highest BCUT2D eigenvalue weighted by Crippen LogP contribution is 2.20. The van der Waals surface area contributed by atoms with Gasteiger partial charge in [-0.25, -0.2) is 0 Å². The highest BCUT2D eigenvalue weighted by Gasteiger charge is 2.08. The van der Waals surface area contributed by atoms with Crippen LogP contribution in [0, 0.1) is 0 Å². The predicted molar refractivity (Wildman–Crippen MR) is 180 cm³/mol. The van der Waals surface area contributed by atoms with Crippen LogP contribution in [-0.2, 0) is 4.79 Å². The monoisotopic (exact) mass is 563 g/mol. The molecule has 3 nitrogen and oxygen atoms in total. The highest BCUT2D eigenvalue weighted by molar-refractivity contribution is 5.75. The zero-order chi connectivity index (χ0) is 29.5. The number of nitrogens with zero attached hydrogens (tertiary/aromatic N) is 2. The van der Waals surface area contributed by atoms with E-state index in [1.807, 2.05) is 11.9 Å². The molecule has 0 saturated carbocycles. The van der Waals surface area contributed by atoms with Gasteiger partial charge in [-0.15, -0.1) is 0 Å². The van der Waals surface area contributed by atoms with Gasteiger partial charge < -0.3 is 9.80 Å². The third kappa shape index (κ3) is 28.7. The van der Waals surface area contributed by atoms with Crippen LogP contribution in [-0.4, -0.2) is 49.9 Å². The molecule has 0 aliphatic carbocycles. The average Bonchev–Trinajstić information content (AvgIpc) is 2.94. The first-order chi connectivity index (χ1) is 19.5. The Morgan fingerprint density at radius 1 is 0.475 bits per heavy atom. The maximum Gasteiger partial charge on any atom is 0.222 e. The summed E-state index contributed by atoms with van der Waals surface area (Å²) in [4.78, 5) is 16.3. The van der Waals surface area contributed by atoms with Gasteiger partial charge >= 0.3 is 0 Å². The van der Waals surface area contributed by atoms with Gasteiger partial charge in [0, 0.05) is 20.0 Å². The molecule has 0 unspecified atom stereocenters. The molecule has 0 radical (unpaired) electrons. The van der Waals surface area contributed by atoms with Crippen molar-refractivity contribution in [1.82, 2.24) is 9.80 Å². The summed E-state index contributed by atoms with van der Waals surface area (Å²) >= 11 is 0. The lowest BCUT2D eigenvalue weighted by atomic mass is 9.97. The molecule has 0 aromatic heterocycles. The number of amides is 1. The Morgan fingerprint density at radius 3 is 1.38 bits per heavy atom. The molecule has 0 saturated heterocycles. The molecule has 238 valence electrons. The fourth-order valence-corrected chi connectivity index (χ4v) is 5.67. The second kappa shape index (κ2) is 31.1. The molecule has 3 heteroatoms. The van der Waals surface area contributed by atoms with Gasteiger partial charge in [0.2, 0.25) is 5.91 Å². The Hall–Kier alpha value is -0.830. The van der Waals surface area contributed by atoms with Crippen LogP contribution in [0.4, 0.5) is 0 Å². The summed E-state index contributed by atoms with van der Waals surface area (Å²) in [5, 5.41) is 0. The van der Waals surface area contributed by atoms with Crippen LogP contribution >= 0.6 is 0 Å². The van der Waals surface area contributed by atoms with Crippen molar-refractivity contribution in [3.8, 4) is 0 Å². The summed E-state index contributed by atoms with van der Waals surface area (Å²) < 4.78 is 0. The number of hydrogen-bond acceptors (Lipinski definition) is 2. The Bertz CT molecular complexity index is 534. The predicted octanol–water partition coefficient (Wildman–Crippen LogP) is 11.5. The van der Waals surface area contributed by atoms with Gasteiger partial charge in [0.15, 0.2) is 0 Å². The fraction of sp³-hybridized carbons (Fsp3) is 0.919. The Balaban J connectivity index is 4.05. The van der Waals surface area contributed by atoms with Crippen LogP contribution in [0.15, 0.2) is 11.6 Å². The summed E-state index contributed by atoms with van der Waals surface area (Å²) in [6.45, 7) is 6.53. The van der Waals surface area contributed by atoms with Gasteiger partial charge in [-0.1, -0.05) is 141 Å². The Kier molecular flexibility index (Phi) is 30.5. The molecule has 0 heterocycles. The van der Waals surface area contributed by atoms with Crippen LogP contribution in [0.2, 0.25) is 0 Å². The van der Waals surface area contributed by atoms with Gasteiger partial charge in [0.05, 0.1) is 0 Å². The summed E-state index contributed by atoms with van der Waals surface area (Å²) in [5.74, 6) is 0.309. The van der Waals surface area contributed by atoms with Crippen molar-refractivity contribution in [3.63, 3.8) is 0 Å². The highest BCUT2D eigenvalue weighted by atomic mass is 16.2. The molecule has 0 atom stereocenters. The smallest absolute Gasteiger partial charge is 0.222 e. The molecule has 0 aromatic rings. The Morgan fingerprint density at radius 2 is 0.900 bits per heavy atom. The summed E-state index contributed by atoms with van der Waals surface area (Å²) in [5.41, 5.74) is 1.77. The van der Waals surface area contributed by atoms with E-state index in [0.717, 1.165) is 25.9 Å². The first-order valence-electron chi connectivity index (χ1n) is 18.1. The Labute approximate surface area is 253 Å². The van der Waals surface area contributed by atoms with Crippen LogP contribution in [0.1, 0.15) is 187 Å². The van der Waals surface area contributed by atoms with Crippen molar-refractivity contribution in [3.05, 3.63) is 11.6 Å². The lowest BCUT2D eigenvalue weighted by Gasteiger charge is -2.17. The van der Waals surface area contributed by atoms with E-state index in [4.69, 9.17) is 0 Å². The van der Waals surface area contributed by atoms with Crippen molar-refractivity contribution in [1.29, 1.82) is 0 Å². The van der Waals surface area contributed by atoms with Crippen LogP contribution in [0.25, 0.3) is 0 Å². The molecule has 40 heavy (non-hydrogen) atoms. The SMILES string of the molecule is CCCCCCCCCCC(=CCCCCCCCCN(C)C(=O)CCCN(C)C)CCCCCCCCCC. The lowest BCUT2D eigenvalue weighted by molar-refractivity contribution is -0.130. The van der Waals surface area contributed by atoms with E-state index in [2.05, 4.69) is 38.9 Å². The largest absolute Gasteiger partial charge is 0.346 e. The number of unbranched alkanes of at least 4 members (excludes halogenated alkanes) is 20. The summed E-state index contributed by atoms with van der Waals surface area (Å²) in [7, 11) is 6.11. The molecule has 0 N–H and O–H groups in total. The molecule has 0 rings (SSSR count). The second-order valence-electron chi connectivity index (χ2n) is 12.9. The number of allylic oxidation sites excluding steroid dienone is 2.